The van der Waals surface area contributed by atoms with E-state index in [4.69, 9.17) is 0 Å². The molecule has 3 nitrogen and oxygen atoms in total. The summed E-state index contributed by atoms with van der Waals surface area (Å²) in [6.45, 7) is 16.5. The topological polar surface area (TPSA) is 60.7 Å². The maximum Gasteiger partial charge on any atom is 0.0857 e. The fourth-order valence-corrected chi connectivity index (χ4v) is 10.5. The van der Waals surface area contributed by atoms with Gasteiger partial charge in [0.2, 0.25) is 0 Å². The average Bonchev–Trinajstić information content (AvgIpc) is 3.30. The van der Waals surface area contributed by atoms with Gasteiger partial charge in [-0.2, -0.15) is 0 Å². The standard InChI is InChI=1S/C29H48O3/c1-17(2)18(3)7-8-19(4)20-9-11-27(6)23-15-22(31)24-25(32)21(30)10-12-29(24)16-28(23,29)14-13-26(20,27)5/h17,19-25,30-32H,3,7-16H2,1-2,4-6H3/t19-,20-,21+,22+,23+,24?,25-,26-,27+,28+,29-/m1/s1. The first kappa shape index (κ1) is 23.4. The zero-order chi connectivity index (χ0) is 23.3. The number of allylic oxidation sites excluding steroid dienone is 1. The van der Waals surface area contributed by atoms with Crippen molar-refractivity contribution in [2.75, 3.05) is 0 Å². The fourth-order valence-electron chi connectivity index (χ4n) is 10.5. The molecule has 5 fully saturated rings. The third-order valence-electron chi connectivity index (χ3n) is 12.7. The van der Waals surface area contributed by atoms with E-state index < -0.39 is 18.3 Å². The van der Waals surface area contributed by atoms with E-state index in [9.17, 15) is 15.3 Å². The fraction of sp³-hybridized carbons (Fsp3) is 0.931. The minimum atomic E-state index is -0.745. The number of aliphatic hydroxyl groups is 3. The van der Waals surface area contributed by atoms with E-state index in [-0.39, 0.29) is 16.7 Å². The minimum absolute atomic E-state index is 0.0804. The van der Waals surface area contributed by atoms with Gasteiger partial charge in [-0.15, -0.1) is 0 Å². The third kappa shape index (κ3) is 2.77. The monoisotopic (exact) mass is 444 g/mol. The van der Waals surface area contributed by atoms with Crippen LogP contribution in [0.4, 0.5) is 0 Å². The summed E-state index contributed by atoms with van der Waals surface area (Å²) in [5.74, 6) is 2.49. The van der Waals surface area contributed by atoms with Gasteiger partial charge in [0, 0.05) is 5.92 Å². The van der Waals surface area contributed by atoms with E-state index in [1.54, 1.807) is 0 Å². The van der Waals surface area contributed by atoms with Crippen LogP contribution < -0.4 is 0 Å². The minimum Gasteiger partial charge on any atom is -0.393 e. The lowest BCUT2D eigenvalue weighted by molar-refractivity contribution is -0.194. The maximum absolute atomic E-state index is 11.3. The van der Waals surface area contributed by atoms with Crippen LogP contribution in [-0.4, -0.2) is 33.6 Å². The molecule has 11 atom stereocenters. The second-order valence-corrected chi connectivity index (χ2v) is 13.8. The van der Waals surface area contributed by atoms with Crippen LogP contribution in [0.15, 0.2) is 12.2 Å². The molecular formula is C29H48O3. The molecular weight excluding hydrogens is 396 g/mol. The molecule has 0 bridgehead atoms. The summed E-state index contributed by atoms with van der Waals surface area (Å²) < 4.78 is 0. The summed E-state index contributed by atoms with van der Waals surface area (Å²) in [7, 11) is 0. The number of fused-ring (bicyclic) bond motifs is 2. The number of hydrogen-bond donors (Lipinski definition) is 3. The quantitative estimate of drug-likeness (QED) is 0.475. The van der Waals surface area contributed by atoms with E-state index in [0.717, 1.165) is 25.2 Å². The predicted molar refractivity (Wildman–Crippen MR) is 129 cm³/mol. The van der Waals surface area contributed by atoms with Crippen molar-refractivity contribution in [1.29, 1.82) is 0 Å². The summed E-state index contributed by atoms with van der Waals surface area (Å²) >= 11 is 0. The summed E-state index contributed by atoms with van der Waals surface area (Å²) in [5.41, 5.74) is 2.39. The highest BCUT2D eigenvalue weighted by Crippen LogP contribution is 2.87. The van der Waals surface area contributed by atoms with E-state index >= 15 is 0 Å². The Kier molecular flexibility index (Phi) is 5.34. The molecule has 5 aliphatic rings. The van der Waals surface area contributed by atoms with Crippen molar-refractivity contribution in [3.05, 3.63) is 12.2 Å². The summed E-state index contributed by atoms with van der Waals surface area (Å²) in [5, 5.41) is 32.6. The van der Waals surface area contributed by atoms with Crippen LogP contribution in [0.2, 0.25) is 0 Å². The molecule has 0 aromatic heterocycles. The van der Waals surface area contributed by atoms with Gasteiger partial charge in [-0.3, -0.25) is 0 Å². The van der Waals surface area contributed by atoms with Gasteiger partial charge in [-0.1, -0.05) is 46.8 Å². The zero-order valence-electron chi connectivity index (χ0n) is 21.2. The van der Waals surface area contributed by atoms with Crippen LogP contribution in [0.3, 0.4) is 0 Å². The van der Waals surface area contributed by atoms with Gasteiger partial charge >= 0.3 is 0 Å². The van der Waals surface area contributed by atoms with Gasteiger partial charge in [0.05, 0.1) is 18.3 Å². The Bertz CT molecular complexity index is 776. The average molecular weight is 445 g/mol. The van der Waals surface area contributed by atoms with Gasteiger partial charge in [-0.05, 0) is 110 Å². The molecule has 32 heavy (non-hydrogen) atoms. The Balaban J connectivity index is 1.40. The molecule has 5 aliphatic carbocycles. The van der Waals surface area contributed by atoms with Crippen molar-refractivity contribution in [2.24, 2.45) is 51.2 Å². The van der Waals surface area contributed by atoms with Gasteiger partial charge in [0.15, 0.2) is 0 Å². The normalized spacial score (nSPS) is 54.9. The molecule has 0 aliphatic heterocycles. The molecule has 5 saturated carbocycles. The molecule has 0 aromatic carbocycles. The SMILES string of the molecule is C=C(CC[C@@H](C)[C@H]1CC[C@@]2(C)[C@@H]3C[C@H](O)C4[C@H](O)[C@@H](O)CC[C@@]45C[C@@]35CC[C@]12C)C(C)C. The van der Waals surface area contributed by atoms with Crippen LogP contribution in [0.25, 0.3) is 0 Å². The van der Waals surface area contributed by atoms with Crippen LogP contribution in [-0.2, 0) is 0 Å². The van der Waals surface area contributed by atoms with Crippen molar-refractivity contribution in [3.8, 4) is 0 Å². The van der Waals surface area contributed by atoms with E-state index in [1.165, 1.54) is 44.1 Å². The van der Waals surface area contributed by atoms with Gasteiger partial charge in [0.1, 0.15) is 0 Å². The van der Waals surface area contributed by atoms with Crippen LogP contribution in [0.5, 0.6) is 0 Å². The molecule has 5 rings (SSSR count). The van der Waals surface area contributed by atoms with Crippen molar-refractivity contribution >= 4 is 0 Å². The largest absolute Gasteiger partial charge is 0.393 e. The van der Waals surface area contributed by atoms with Crippen molar-refractivity contribution in [3.63, 3.8) is 0 Å². The van der Waals surface area contributed by atoms with Gasteiger partial charge < -0.3 is 15.3 Å². The molecule has 0 heterocycles. The Hall–Kier alpha value is -0.380. The highest BCUT2D eigenvalue weighted by molar-refractivity contribution is 5.31. The second-order valence-electron chi connectivity index (χ2n) is 13.8. The Morgan fingerprint density at radius 1 is 0.906 bits per heavy atom. The first-order chi connectivity index (χ1) is 14.9. The molecule has 0 saturated heterocycles. The lowest BCUT2D eigenvalue weighted by atomic mass is 9.43. The van der Waals surface area contributed by atoms with E-state index in [1.807, 2.05) is 0 Å². The lowest BCUT2D eigenvalue weighted by Gasteiger charge is -2.62. The molecule has 3 N–H and O–H groups in total. The predicted octanol–water partition coefficient (Wildman–Crippen LogP) is 5.72. The van der Waals surface area contributed by atoms with E-state index in [2.05, 4.69) is 41.2 Å². The van der Waals surface area contributed by atoms with Gasteiger partial charge in [0.25, 0.3) is 0 Å². The second kappa shape index (κ2) is 7.31. The molecule has 0 aromatic rings. The summed E-state index contributed by atoms with van der Waals surface area (Å²) in [6.07, 6.45) is 9.40. The Morgan fingerprint density at radius 3 is 2.31 bits per heavy atom. The first-order valence-electron chi connectivity index (χ1n) is 13.7. The highest BCUT2D eigenvalue weighted by Gasteiger charge is 2.82. The Labute approximate surface area is 196 Å². The third-order valence-corrected chi connectivity index (χ3v) is 12.7. The van der Waals surface area contributed by atoms with Gasteiger partial charge in [-0.25, -0.2) is 0 Å². The smallest absolute Gasteiger partial charge is 0.0857 e. The maximum atomic E-state index is 11.3. The van der Waals surface area contributed by atoms with Crippen molar-refractivity contribution in [2.45, 2.75) is 117 Å². The van der Waals surface area contributed by atoms with Crippen molar-refractivity contribution in [1.82, 2.24) is 0 Å². The van der Waals surface area contributed by atoms with E-state index in [0.29, 0.717) is 35.0 Å². The zero-order valence-corrected chi connectivity index (χ0v) is 21.2. The number of hydrogen-bond acceptors (Lipinski definition) is 3. The lowest BCUT2D eigenvalue weighted by Crippen LogP contribution is -2.60. The molecule has 2 spiro atoms. The highest BCUT2D eigenvalue weighted by atomic mass is 16.3. The van der Waals surface area contributed by atoms with Crippen LogP contribution in [0, 0.1) is 51.2 Å². The van der Waals surface area contributed by atoms with Crippen molar-refractivity contribution < 1.29 is 15.3 Å². The molecule has 1 unspecified atom stereocenters. The molecule has 3 heteroatoms. The molecule has 0 radical (unpaired) electrons. The first-order valence-corrected chi connectivity index (χ1v) is 13.7. The molecule has 182 valence electrons. The Morgan fingerprint density at radius 2 is 1.62 bits per heavy atom. The summed E-state index contributed by atoms with van der Waals surface area (Å²) in [6, 6.07) is 0. The number of rotatable bonds is 5. The van der Waals surface area contributed by atoms with Crippen LogP contribution >= 0.6 is 0 Å². The molecule has 0 amide bonds. The van der Waals surface area contributed by atoms with Crippen LogP contribution in [0.1, 0.15) is 98.8 Å². The summed E-state index contributed by atoms with van der Waals surface area (Å²) in [4.78, 5) is 0. The number of aliphatic hydroxyl groups excluding tert-OH is 3.